The normalized spacial score (nSPS) is 11.7. The van der Waals surface area contributed by atoms with Crippen LogP contribution in [0.2, 0.25) is 0 Å². The van der Waals surface area contributed by atoms with Gasteiger partial charge in [0.25, 0.3) is 5.56 Å². The minimum absolute atomic E-state index is 0.123. The molecule has 162 valence electrons. The lowest BCUT2D eigenvalue weighted by Crippen LogP contribution is -2.21. The molecule has 0 aliphatic carbocycles. The third kappa shape index (κ3) is 3.12. The number of nitrogens with zero attached hydrogens (tertiary/aromatic N) is 4. The minimum atomic E-state index is -0.272. The first-order valence-electron chi connectivity index (χ1n) is 10.8. The number of nitrogens with one attached hydrogen (secondary N) is 1. The zero-order valence-corrected chi connectivity index (χ0v) is 17.9. The second-order valence-electron chi connectivity index (χ2n) is 8.19. The molecule has 0 spiro atoms. The number of hydrogen-bond donors (Lipinski definition) is 1. The molecule has 6 aromatic rings. The molecule has 0 fully saturated rings. The van der Waals surface area contributed by atoms with Crippen molar-refractivity contribution in [2.75, 3.05) is 0 Å². The predicted octanol–water partition coefficient (Wildman–Crippen LogP) is 4.88. The van der Waals surface area contributed by atoms with Crippen LogP contribution in [0.3, 0.4) is 0 Å². The molecular formula is C26H20FN5O. The third-order valence-corrected chi connectivity index (χ3v) is 6.17. The number of halogens is 1. The van der Waals surface area contributed by atoms with Crippen molar-refractivity contribution in [3.8, 4) is 11.1 Å². The summed E-state index contributed by atoms with van der Waals surface area (Å²) in [7, 11) is 0. The van der Waals surface area contributed by atoms with Gasteiger partial charge in [-0.1, -0.05) is 30.3 Å². The van der Waals surface area contributed by atoms with Crippen LogP contribution in [0.4, 0.5) is 4.39 Å². The topological polar surface area (TPSA) is 68.0 Å². The molecule has 7 heteroatoms. The second kappa shape index (κ2) is 7.41. The summed E-state index contributed by atoms with van der Waals surface area (Å²) in [5, 5.41) is 6.04. The van der Waals surface area contributed by atoms with Crippen molar-refractivity contribution in [3.63, 3.8) is 0 Å². The van der Waals surface area contributed by atoms with Crippen molar-refractivity contribution in [3.05, 3.63) is 101 Å². The highest BCUT2D eigenvalue weighted by Gasteiger charge is 2.16. The first-order chi connectivity index (χ1) is 16.1. The molecule has 2 aromatic carbocycles. The van der Waals surface area contributed by atoms with Gasteiger partial charge in [-0.2, -0.15) is 5.10 Å². The SMILES string of the molecule is Cc1nn2c(ncc3c(=O)n(CCc4c[nH]c5ccc(F)cc45)ccc32)c1-c1ccccc1. The van der Waals surface area contributed by atoms with Gasteiger partial charge in [-0.25, -0.2) is 13.9 Å². The van der Waals surface area contributed by atoms with E-state index in [-0.39, 0.29) is 11.4 Å². The molecule has 4 aromatic heterocycles. The third-order valence-electron chi connectivity index (χ3n) is 6.17. The lowest BCUT2D eigenvalue weighted by atomic mass is 10.1. The van der Waals surface area contributed by atoms with E-state index in [1.807, 2.05) is 49.5 Å². The molecule has 0 saturated carbocycles. The molecule has 0 aliphatic heterocycles. The molecular weight excluding hydrogens is 417 g/mol. The molecule has 6 rings (SSSR count). The fraction of sp³-hybridized carbons (Fsp3) is 0.115. The van der Waals surface area contributed by atoms with Crippen LogP contribution in [-0.2, 0) is 13.0 Å². The maximum Gasteiger partial charge on any atom is 0.261 e. The summed E-state index contributed by atoms with van der Waals surface area (Å²) in [5.41, 5.74) is 6.05. The van der Waals surface area contributed by atoms with Crippen LogP contribution in [-0.4, -0.2) is 24.1 Å². The van der Waals surface area contributed by atoms with Crippen molar-refractivity contribution in [2.45, 2.75) is 19.9 Å². The molecule has 1 N–H and O–H groups in total. The molecule has 0 amide bonds. The summed E-state index contributed by atoms with van der Waals surface area (Å²) >= 11 is 0. The fourth-order valence-electron chi connectivity index (χ4n) is 4.53. The maximum absolute atomic E-state index is 13.7. The van der Waals surface area contributed by atoms with Crippen molar-refractivity contribution in [2.24, 2.45) is 0 Å². The molecule has 0 bridgehead atoms. The first kappa shape index (κ1) is 19.4. The lowest BCUT2D eigenvalue weighted by Gasteiger charge is -2.08. The predicted molar refractivity (Wildman–Crippen MR) is 127 cm³/mol. The van der Waals surface area contributed by atoms with E-state index in [4.69, 9.17) is 0 Å². The van der Waals surface area contributed by atoms with Crippen LogP contribution in [0, 0.1) is 12.7 Å². The Morgan fingerprint density at radius 2 is 1.91 bits per heavy atom. The Kier molecular flexibility index (Phi) is 4.36. The van der Waals surface area contributed by atoms with E-state index in [2.05, 4.69) is 15.1 Å². The second-order valence-corrected chi connectivity index (χ2v) is 8.19. The highest BCUT2D eigenvalue weighted by atomic mass is 19.1. The standard InChI is InChI=1S/C26H20FN5O/c1-16-24(17-5-3-2-4-6-17)25-29-15-21-23(32(25)30-16)10-12-31(26(21)33)11-9-18-14-28-22-8-7-19(27)13-20(18)22/h2-8,10,12-15,28H,9,11H2,1H3. The number of H-pyrrole nitrogens is 1. The van der Waals surface area contributed by atoms with E-state index in [0.717, 1.165) is 44.5 Å². The largest absolute Gasteiger partial charge is 0.361 e. The van der Waals surface area contributed by atoms with Gasteiger partial charge in [-0.15, -0.1) is 0 Å². The monoisotopic (exact) mass is 437 g/mol. The molecule has 6 nitrogen and oxygen atoms in total. The average molecular weight is 437 g/mol. The van der Waals surface area contributed by atoms with Gasteiger partial charge in [-0.05, 0) is 48.7 Å². The Hall–Kier alpha value is -4.26. The van der Waals surface area contributed by atoms with Gasteiger partial charge in [0.15, 0.2) is 5.65 Å². The van der Waals surface area contributed by atoms with Gasteiger partial charge < -0.3 is 9.55 Å². The summed E-state index contributed by atoms with van der Waals surface area (Å²) in [6.45, 7) is 2.43. The van der Waals surface area contributed by atoms with Gasteiger partial charge in [0.05, 0.1) is 16.6 Å². The van der Waals surface area contributed by atoms with E-state index in [1.165, 1.54) is 12.1 Å². The van der Waals surface area contributed by atoms with E-state index in [1.54, 1.807) is 27.5 Å². The van der Waals surface area contributed by atoms with E-state index >= 15 is 0 Å². The summed E-state index contributed by atoms with van der Waals surface area (Å²) in [5.74, 6) is -0.272. The summed E-state index contributed by atoms with van der Waals surface area (Å²) in [4.78, 5) is 21.0. The van der Waals surface area contributed by atoms with E-state index in [9.17, 15) is 9.18 Å². The molecule has 0 radical (unpaired) electrons. The van der Waals surface area contributed by atoms with Crippen molar-refractivity contribution in [1.82, 2.24) is 24.1 Å². The Balaban J connectivity index is 1.40. The highest BCUT2D eigenvalue weighted by molar-refractivity contribution is 5.86. The number of hydrogen-bond acceptors (Lipinski definition) is 3. The zero-order valence-electron chi connectivity index (χ0n) is 17.9. The number of fused-ring (bicyclic) bond motifs is 4. The molecule has 0 aliphatic rings. The number of pyridine rings is 1. The van der Waals surface area contributed by atoms with Gasteiger partial charge in [0, 0.05) is 41.6 Å². The number of rotatable bonds is 4. The Bertz CT molecular complexity index is 1710. The number of aromatic amines is 1. The molecule has 4 heterocycles. The van der Waals surface area contributed by atoms with E-state index < -0.39 is 0 Å². The fourth-order valence-corrected chi connectivity index (χ4v) is 4.53. The van der Waals surface area contributed by atoms with Crippen molar-refractivity contribution in [1.29, 1.82) is 0 Å². The van der Waals surface area contributed by atoms with Gasteiger partial charge in [-0.3, -0.25) is 4.79 Å². The van der Waals surface area contributed by atoms with Crippen LogP contribution in [0.15, 0.2) is 78.0 Å². The van der Waals surface area contributed by atoms with Crippen LogP contribution < -0.4 is 5.56 Å². The van der Waals surface area contributed by atoms with Gasteiger partial charge in [0.1, 0.15) is 5.82 Å². The first-order valence-corrected chi connectivity index (χ1v) is 10.8. The van der Waals surface area contributed by atoms with Crippen LogP contribution in [0.1, 0.15) is 11.3 Å². The number of benzene rings is 2. The van der Waals surface area contributed by atoms with Crippen molar-refractivity contribution < 1.29 is 4.39 Å². The Morgan fingerprint density at radius 1 is 1.06 bits per heavy atom. The summed E-state index contributed by atoms with van der Waals surface area (Å²) in [6, 6.07) is 16.6. The Labute approximate surface area is 187 Å². The molecule has 0 atom stereocenters. The maximum atomic E-state index is 13.7. The van der Waals surface area contributed by atoms with Crippen LogP contribution in [0.25, 0.3) is 38.6 Å². The van der Waals surface area contributed by atoms with Crippen LogP contribution in [0.5, 0.6) is 0 Å². The summed E-state index contributed by atoms with van der Waals surface area (Å²) in [6.07, 6.45) is 5.90. The average Bonchev–Trinajstić information content (AvgIpc) is 3.38. The van der Waals surface area contributed by atoms with Gasteiger partial charge in [0.2, 0.25) is 0 Å². The minimum Gasteiger partial charge on any atom is -0.361 e. The quantitative estimate of drug-likeness (QED) is 0.427. The van der Waals surface area contributed by atoms with E-state index in [0.29, 0.717) is 18.4 Å². The zero-order chi connectivity index (χ0) is 22.5. The van der Waals surface area contributed by atoms with Crippen molar-refractivity contribution >= 4 is 27.5 Å². The summed E-state index contributed by atoms with van der Waals surface area (Å²) < 4.78 is 17.1. The number of aromatic nitrogens is 5. The van der Waals surface area contributed by atoms with Crippen LogP contribution >= 0.6 is 0 Å². The Morgan fingerprint density at radius 3 is 2.76 bits per heavy atom. The van der Waals surface area contributed by atoms with Gasteiger partial charge >= 0.3 is 0 Å². The smallest absolute Gasteiger partial charge is 0.261 e. The highest BCUT2D eigenvalue weighted by Crippen LogP contribution is 2.28. The number of aryl methyl sites for hydroxylation is 3. The molecule has 33 heavy (non-hydrogen) atoms. The molecule has 0 saturated heterocycles. The lowest BCUT2D eigenvalue weighted by molar-refractivity contribution is 0.629. The molecule has 0 unspecified atom stereocenters.